The molecule has 3 nitrogen and oxygen atoms in total. The summed E-state index contributed by atoms with van der Waals surface area (Å²) in [4.78, 5) is 8.01. The van der Waals surface area contributed by atoms with Crippen molar-refractivity contribution in [1.82, 2.24) is 0 Å². The second-order valence-corrected chi connectivity index (χ2v) is 6.63. The van der Waals surface area contributed by atoms with E-state index < -0.39 is 0 Å². The van der Waals surface area contributed by atoms with E-state index in [0.29, 0.717) is 0 Å². The van der Waals surface area contributed by atoms with Crippen molar-refractivity contribution in [1.29, 1.82) is 0 Å². The van der Waals surface area contributed by atoms with Crippen molar-refractivity contribution in [3.63, 3.8) is 0 Å². The van der Waals surface area contributed by atoms with Crippen LogP contribution in [0.5, 0.6) is 0 Å². The van der Waals surface area contributed by atoms with Crippen molar-refractivity contribution in [2.45, 2.75) is 25.7 Å². The average molecular weight is 283 g/mol. The third kappa shape index (κ3) is 2.30. The second kappa shape index (κ2) is 5.30. The largest absolute Gasteiger partial charge is 0.359 e. The summed E-state index contributed by atoms with van der Waals surface area (Å²) < 4.78 is 0. The quantitative estimate of drug-likeness (QED) is 0.824. The number of rotatable bonds is 1. The normalized spacial score (nSPS) is 19.8. The van der Waals surface area contributed by atoms with Crippen LogP contribution in [0.4, 0.5) is 5.69 Å². The fraction of sp³-hybridized carbons (Fsp3) is 0.500. The Hall–Kier alpha value is -1.61. The molecule has 0 spiro atoms. The molecule has 3 heteroatoms. The van der Waals surface area contributed by atoms with Gasteiger partial charge in [0.2, 0.25) is 5.52 Å². The third-order valence-electron chi connectivity index (χ3n) is 5.15. The smallest absolute Gasteiger partial charge is 0.213 e. The number of quaternary nitrogens is 1. The van der Waals surface area contributed by atoms with Gasteiger partial charge in [0.15, 0.2) is 5.69 Å². The molecule has 0 unspecified atom stereocenters. The van der Waals surface area contributed by atoms with Crippen LogP contribution in [0.1, 0.15) is 24.1 Å². The first-order chi connectivity index (χ1) is 10.3. The molecule has 2 N–H and O–H groups in total. The van der Waals surface area contributed by atoms with Gasteiger partial charge in [-0.25, -0.2) is 4.98 Å². The molecule has 21 heavy (non-hydrogen) atoms. The van der Waals surface area contributed by atoms with Crippen molar-refractivity contribution in [2.75, 3.05) is 38.1 Å². The summed E-state index contributed by atoms with van der Waals surface area (Å²) in [6.07, 6.45) is 5.12. The van der Waals surface area contributed by atoms with Crippen molar-refractivity contribution >= 4 is 16.6 Å². The van der Waals surface area contributed by atoms with E-state index in [9.17, 15) is 0 Å². The highest BCUT2D eigenvalue weighted by Gasteiger charge is 2.28. The number of nitrogens with one attached hydrogen (secondary N) is 2. The summed E-state index contributed by atoms with van der Waals surface area (Å²) in [6.45, 7) is 4.88. The van der Waals surface area contributed by atoms with Gasteiger partial charge in [-0.05, 0) is 25.3 Å². The monoisotopic (exact) mass is 283 g/mol. The summed E-state index contributed by atoms with van der Waals surface area (Å²) in [5, 5.41) is 1.41. The van der Waals surface area contributed by atoms with Crippen molar-refractivity contribution < 1.29 is 9.88 Å². The number of hydrogen-bond acceptors (Lipinski definition) is 1. The lowest BCUT2D eigenvalue weighted by Crippen LogP contribution is -3.12. The summed E-state index contributed by atoms with van der Waals surface area (Å²) in [5.41, 5.74) is 5.92. The van der Waals surface area contributed by atoms with Gasteiger partial charge in [0, 0.05) is 18.1 Å². The lowest BCUT2D eigenvalue weighted by Gasteiger charge is -2.34. The molecule has 1 aromatic carbocycles. The molecule has 4 rings (SSSR count). The fourth-order valence-electron chi connectivity index (χ4n) is 3.90. The number of piperazine rings is 1. The third-order valence-corrected chi connectivity index (χ3v) is 5.15. The van der Waals surface area contributed by atoms with E-state index in [2.05, 4.69) is 41.2 Å². The summed E-state index contributed by atoms with van der Waals surface area (Å²) in [5.74, 6) is 0. The number of para-hydroxylation sites is 1. The Morgan fingerprint density at radius 1 is 1.05 bits per heavy atom. The van der Waals surface area contributed by atoms with E-state index in [0.717, 1.165) is 0 Å². The maximum absolute atomic E-state index is 3.70. The van der Waals surface area contributed by atoms with E-state index in [1.165, 1.54) is 74.1 Å². The second-order valence-electron chi connectivity index (χ2n) is 6.63. The van der Waals surface area contributed by atoms with Gasteiger partial charge in [-0.15, -0.1) is 0 Å². The highest BCUT2D eigenvalue weighted by Crippen LogP contribution is 2.34. The molecule has 1 aliphatic heterocycles. The Balaban J connectivity index is 1.88. The van der Waals surface area contributed by atoms with Gasteiger partial charge in [0.05, 0.1) is 44.3 Å². The maximum Gasteiger partial charge on any atom is 0.213 e. The number of benzene rings is 1. The van der Waals surface area contributed by atoms with Crippen LogP contribution in [0.25, 0.3) is 10.9 Å². The molecule has 1 aromatic heterocycles. The molecule has 1 aliphatic carbocycles. The standard InChI is InChI=1S/C18H23N3/c1-20-10-12-21(13-11-20)18-14-6-2-4-8-16(14)19-17-9-5-3-7-15(17)18/h2,4,6,8H,3,5,7,9-13H2,1H3/p+2. The van der Waals surface area contributed by atoms with Crippen LogP contribution in [0.15, 0.2) is 24.3 Å². The highest BCUT2D eigenvalue weighted by molar-refractivity contribution is 5.92. The molecule has 0 radical (unpaired) electrons. The molecule has 2 aromatic rings. The van der Waals surface area contributed by atoms with Crippen LogP contribution in [-0.4, -0.2) is 33.2 Å². The zero-order valence-corrected chi connectivity index (χ0v) is 12.9. The minimum atomic E-state index is 1.19. The molecule has 110 valence electrons. The molecule has 0 atom stereocenters. The predicted octanol–water partition coefficient (Wildman–Crippen LogP) is 0.867. The number of hydrogen-bond donors (Lipinski definition) is 1. The lowest BCUT2D eigenvalue weighted by atomic mass is 9.92. The van der Waals surface area contributed by atoms with Crippen molar-refractivity contribution in [3.8, 4) is 0 Å². The van der Waals surface area contributed by atoms with Crippen molar-refractivity contribution in [2.24, 2.45) is 0 Å². The van der Waals surface area contributed by atoms with Gasteiger partial charge >= 0.3 is 0 Å². The Kier molecular flexibility index (Phi) is 3.30. The maximum atomic E-state index is 3.70. The molecule has 1 fully saturated rings. The number of H-pyrrole nitrogens is 1. The fourth-order valence-corrected chi connectivity index (χ4v) is 3.90. The molecule has 1 saturated heterocycles. The van der Waals surface area contributed by atoms with Crippen LogP contribution in [0.2, 0.25) is 0 Å². The summed E-state index contributed by atoms with van der Waals surface area (Å²) >= 11 is 0. The van der Waals surface area contributed by atoms with E-state index in [4.69, 9.17) is 0 Å². The lowest BCUT2D eigenvalue weighted by molar-refractivity contribution is -0.880. The minimum absolute atomic E-state index is 1.19. The zero-order valence-electron chi connectivity index (χ0n) is 12.9. The Morgan fingerprint density at radius 2 is 1.81 bits per heavy atom. The van der Waals surface area contributed by atoms with Gasteiger partial charge in [-0.3, -0.25) is 0 Å². The van der Waals surface area contributed by atoms with Crippen LogP contribution >= 0.6 is 0 Å². The average Bonchev–Trinajstić information content (AvgIpc) is 2.53. The van der Waals surface area contributed by atoms with Crippen LogP contribution in [0, 0.1) is 0 Å². The molecule has 2 aliphatic rings. The van der Waals surface area contributed by atoms with E-state index in [1.807, 2.05) is 0 Å². The first-order valence-electron chi connectivity index (χ1n) is 8.35. The van der Waals surface area contributed by atoms with Crippen LogP contribution in [0.3, 0.4) is 0 Å². The molecular formula is C18H25N3+2. The predicted molar refractivity (Wildman–Crippen MR) is 86.0 cm³/mol. The number of aromatic nitrogens is 1. The Bertz CT molecular complexity index is 657. The molecule has 2 heterocycles. The number of nitrogens with zero attached hydrogens (tertiary/aromatic N) is 1. The van der Waals surface area contributed by atoms with E-state index >= 15 is 0 Å². The van der Waals surface area contributed by atoms with Crippen molar-refractivity contribution in [3.05, 3.63) is 35.5 Å². The zero-order chi connectivity index (χ0) is 14.2. The van der Waals surface area contributed by atoms with Gasteiger partial charge < -0.3 is 9.80 Å². The first kappa shape index (κ1) is 13.1. The van der Waals surface area contributed by atoms with Gasteiger partial charge in [-0.2, -0.15) is 0 Å². The number of likely N-dealkylation sites (N-methyl/N-ethyl adjacent to an activating group) is 1. The summed E-state index contributed by atoms with van der Waals surface area (Å²) in [6, 6.07) is 8.85. The molecular weight excluding hydrogens is 258 g/mol. The number of pyridine rings is 1. The topological polar surface area (TPSA) is 21.8 Å². The Morgan fingerprint density at radius 3 is 2.67 bits per heavy atom. The van der Waals surface area contributed by atoms with E-state index in [-0.39, 0.29) is 0 Å². The highest BCUT2D eigenvalue weighted by atomic mass is 15.2. The number of fused-ring (bicyclic) bond motifs is 2. The van der Waals surface area contributed by atoms with Crippen LogP contribution < -0.4 is 14.8 Å². The van der Waals surface area contributed by atoms with Gasteiger partial charge in [-0.1, -0.05) is 12.1 Å². The van der Waals surface area contributed by atoms with Gasteiger partial charge in [0.1, 0.15) is 0 Å². The molecule has 0 bridgehead atoms. The molecule has 0 amide bonds. The number of anilines is 1. The minimum Gasteiger partial charge on any atom is -0.359 e. The summed E-state index contributed by atoms with van der Waals surface area (Å²) in [7, 11) is 2.31. The first-order valence-corrected chi connectivity index (χ1v) is 8.35. The van der Waals surface area contributed by atoms with E-state index in [1.54, 1.807) is 10.5 Å². The van der Waals surface area contributed by atoms with Crippen LogP contribution in [-0.2, 0) is 12.8 Å². The molecule has 0 saturated carbocycles. The Labute approximate surface area is 126 Å². The SMILES string of the molecule is C[NH+]1CCN(c2c3c([nH+]c4ccccc24)CCCC3)CC1. The number of aryl methyl sites for hydroxylation is 1. The number of aromatic amines is 1. The van der Waals surface area contributed by atoms with Gasteiger partial charge in [0.25, 0.3) is 0 Å².